The fourth-order valence-electron chi connectivity index (χ4n) is 2.02. The van der Waals surface area contributed by atoms with Gasteiger partial charge < -0.3 is 14.8 Å². The maximum absolute atomic E-state index is 13.6. The SMILES string of the molecule is C=CCN(Cc1cccn1C)C(=O)Nc1ccc(F)cc1F. The maximum atomic E-state index is 13.6. The van der Waals surface area contributed by atoms with Crippen LogP contribution in [0.25, 0.3) is 0 Å². The number of hydrogen-bond acceptors (Lipinski definition) is 1. The summed E-state index contributed by atoms with van der Waals surface area (Å²) in [6.45, 7) is 4.28. The van der Waals surface area contributed by atoms with Gasteiger partial charge in [-0.05, 0) is 24.3 Å². The van der Waals surface area contributed by atoms with Crippen LogP contribution in [0, 0.1) is 11.6 Å². The van der Waals surface area contributed by atoms with Crippen molar-refractivity contribution in [3.63, 3.8) is 0 Å². The van der Waals surface area contributed by atoms with Gasteiger partial charge >= 0.3 is 6.03 Å². The molecule has 0 aliphatic heterocycles. The summed E-state index contributed by atoms with van der Waals surface area (Å²) in [6, 6.07) is 6.29. The van der Waals surface area contributed by atoms with Crippen LogP contribution >= 0.6 is 0 Å². The van der Waals surface area contributed by atoms with E-state index in [0.717, 1.165) is 17.8 Å². The number of carbonyl (C=O) groups is 1. The molecule has 6 heteroatoms. The zero-order valence-electron chi connectivity index (χ0n) is 12.2. The molecule has 0 aliphatic carbocycles. The van der Waals surface area contributed by atoms with Gasteiger partial charge in [0.2, 0.25) is 0 Å². The van der Waals surface area contributed by atoms with Crippen LogP contribution in [0.5, 0.6) is 0 Å². The molecule has 1 aromatic heterocycles. The number of aromatic nitrogens is 1. The summed E-state index contributed by atoms with van der Waals surface area (Å²) >= 11 is 0. The largest absolute Gasteiger partial charge is 0.353 e. The number of halogens is 2. The average Bonchev–Trinajstić information content (AvgIpc) is 2.87. The van der Waals surface area contributed by atoms with Crippen LogP contribution < -0.4 is 5.32 Å². The first-order valence-electron chi connectivity index (χ1n) is 6.73. The van der Waals surface area contributed by atoms with E-state index < -0.39 is 17.7 Å². The standard InChI is InChI=1S/C16H17F2N3O/c1-3-8-21(11-13-5-4-9-20(13)2)16(22)19-15-7-6-12(17)10-14(15)18/h3-7,9-10H,1,8,11H2,2H3,(H,19,22). The van der Waals surface area contributed by atoms with Gasteiger partial charge in [0.15, 0.2) is 0 Å². The van der Waals surface area contributed by atoms with E-state index in [1.807, 2.05) is 29.9 Å². The molecule has 1 heterocycles. The second-order valence-corrected chi connectivity index (χ2v) is 4.83. The van der Waals surface area contributed by atoms with Crippen molar-refractivity contribution in [3.8, 4) is 0 Å². The van der Waals surface area contributed by atoms with Crippen molar-refractivity contribution in [1.82, 2.24) is 9.47 Å². The third-order valence-electron chi connectivity index (χ3n) is 3.21. The smallest absolute Gasteiger partial charge is 0.322 e. The van der Waals surface area contributed by atoms with Gasteiger partial charge in [0.05, 0.1) is 12.2 Å². The zero-order valence-corrected chi connectivity index (χ0v) is 12.2. The first-order chi connectivity index (χ1) is 10.5. The van der Waals surface area contributed by atoms with Crippen molar-refractivity contribution in [3.05, 3.63) is 66.5 Å². The van der Waals surface area contributed by atoms with E-state index in [9.17, 15) is 13.6 Å². The lowest BCUT2D eigenvalue weighted by Gasteiger charge is -2.22. The molecule has 0 saturated heterocycles. The number of nitrogens with one attached hydrogen (secondary N) is 1. The number of nitrogens with zero attached hydrogens (tertiary/aromatic N) is 2. The molecule has 0 radical (unpaired) electrons. The fraction of sp³-hybridized carbons (Fsp3) is 0.188. The lowest BCUT2D eigenvalue weighted by molar-refractivity contribution is 0.214. The highest BCUT2D eigenvalue weighted by atomic mass is 19.1. The highest BCUT2D eigenvalue weighted by molar-refractivity contribution is 5.89. The Morgan fingerprint density at radius 3 is 2.77 bits per heavy atom. The first kappa shape index (κ1) is 15.8. The van der Waals surface area contributed by atoms with Gasteiger partial charge in [-0.3, -0.25) is 0 Å². The lowest BCUT2D eigenvalue weighted by Crippen LogP contribution is -2.35. The zero-order chi connectivity index (χ0) is 16.1. The third-order valence-corrected chi connectivity index (χ3v) is 3.21. The van der Waals surface area contributed by atoms with Gasteiger partial charge in [0.25, 0.3) is 0 Å². The summed E-state index contributed by atoms with van der Waals surface area (Å²) in [7, 11) is 1.87. The summed E-state index contributed by atoms with van der Waals surface area (Å²) in [4.78, 5) is 13.8. The maximum Gasteiger partial charge on any atom is 0.322 e. The van der Waals surface area contributed by atoms with E-state index in [0.29, 0.717) is 13.1 Å². The van der Waals surface area contributed by atoms with Gasteiger partial charge in [-0.25, -0.2) is 13.6 Å². The molecule has 0 fully saturated rings. The molecule has 2 amide bonds. The summed E-state index contributed by atoms with van der Waals surface area (Å²) < 4.78 is 28.4. The van der Waals surface area contributed by atoms with Crippen molar-refractivity contribution in [2.24, 2.45) is 7.05 Å². The second kappa shape index (κ2) is 6.89. The van der Waals surface area contributed by atoms with Gasteiger partial charge in [-0.15, -0.1) is 6.58 Å². The Bertz CT molecular complexity index is 682. The van der Waals surface area contributed by atoms with Crippen LogP contribution in [-0.4, -0.2) is 22.0 Å². The second-order valence-electron chi connectivity index (χ2n) is 4.83. The predicted octanol–water partition coefficient (Wildman–Crippen LogP) is 3.52. The summed E-state index contributed by atoms with van der Waals surface area (Å²) in [5.41, 5.74) is 0.865. The number of amides is 2. The van der Waals surface area contributed by atoms with E-state index in [-0.39, 0.29) is 5.69 Å². The minimum absolute atomic E-state index is 0.0626. The van der Waals surface area contributed by atoms with E-state index in [2.05, 4.69) is 11.9 Å². The topological polar surface area (TPSA) is 37.3 Å². The van der Waals surface area contributed by atoms with Gasteiger partial charge in [0.1, 0.15) is 11.6 Å². The molecular formula is C16H17F2N3O. The molecule has 0 aliphatic rings. The molecule has 1 aromatic carbocycles. The van der Waals surface area contributed by atoms with E-state index in [4.69, 9.17) is 0 Å². The van der Waals surface area contributed by atoms with E-state index in [1.54, 1.807) is 6.08 Å². The van der Waals surface area contributed by atoms with Gasteiger partial charge in [0, 0.05) is 31.5 Å². The number of urea groups is 1. The molecule has 0 unspecified atom stereocenters. The number of rotatable bonds is 5. The number of anilines is 1. The lowest BCUT2D eigenvalue weighted by atomic mass is 10.3. The van der Waals surface area contributed by atoms with Crippen LogP contribution in [0.3, 0.4) is 0 Å². The quantitative estimate of drug-likeness (QED) is 0.843. The fourth-order valence-corrected chi connectivity index (χ4v) is 2.02. The average molecular weight is 305 g/mol. The number of hydrogen-bond donors (Lipinski definition) is 1. The van der Waals surface area contributed by atoms with Crippen LogP contribution in [0.15, 0.2) is 49.2 Å². The van der Waals surface area contributed by atoms with Crippen LogP contribution in [0.2, 0.25) is 0 Å². The van der Waals surface area contributed by atoms with Gasteiger partial charge in [-0.2, -0.15) is 0 Å². The monoisotopic (exact) mass is 305 g/mol. The normalized spacial score (nSPS) is 10.3. The molecule has 22 heavy (non-hydrogen) atoms. The molecule has 0 saturated carbocycles. The van der Waals surface area contributed by atoms with E-state index >= 15 is 0 Å². The summed E-state index contributed by atoms with van der Waals surface area (Å²) in [5.74, 6) is -1.51. The molecule has 2 aromatic rings. The molecule has 0 bridgehead atoms. The van der Waals surface area contributed by atoms with Crippen molar-refractivity contribution < 1.29 is 13.6 Å². The predicted molar refractivity (Wildman–Crippen MR) is 81.4 cm³/mol. The van der Waals surface area contributed by atoms with Crippen molar-refractivity contribution in [2.75, 3.05) is 11.9 Å². The van der Waals surface area contributed by atoms with Gasteiger partial charge in [-0.1, -0.05) is 6.08 Å². The van der Waals surface area contributed by atoms with Crippen molar-refractivity contribution in [2.45, 2.75) is 6.54 Å². The summed E-state index contributed by atoms with van der Waals surface area (Å²) in [6.07, 6.45) is 3.46. The minimum Gasteiger partial charge on any atom is -0.353 e. The molecule has 116 valence electrons. The Labute approximate surface area is 127 Å². The Hall–Kier alpha value is -2.63. The van der Waals surface area contributed by atoms with Crippen LogP contribution in [-0.2, 0) is 13.6 Å². The van der Waals surface area contributed by atoms with Crippen LogP contribution in [0.4, 0.5) is 19.3 Å². The molecule has 0 atom stereocenters. The van der Waals surface area contributed by atoms with E-state index in [1.165, 1.54) is 11.0 Å². The molecule has 0 spiro atoms. The molecular weight excluding hydrogens is 288 g/mol. The van der Waals surface area contributed by atoms with Crippen molar-refractivity contribution in [1.29, 1.82) is 0 Å². The summed E-state index contributed by atoms with van der Waals surface area (Å²) in [5, 5.41) is 2.44. The van der Waals surface area contributed by atoms with Crippen molar-refractivity contribution >= 4 is 11.7 Å². The Morgan fingerprint density at radius 1 is 1.41 bits per heavy atom. The highest BCUT2D eigenvalue weighted by Crippen LogP contribution is 2.16. The Kier molecular flexibility index (Phi) is 4.93. The molecule has 4 nitrogen and oxygen atoms in total. The van der Waals surface area contributed by atoms with Crippen LogP contribution in [0.1, 0.15) is 5.69 Å². The molecule has 1 N–H and O–H groups in total. The first-order valence-corrected chi connectivity index (χ1v) is 6.73. The Morgan fingerprint density at radius 2 is 2.18 bits per heavy atom. The minimum atomic E-state index is -0.814. The highest BCUT2D eigenvalue weighted by Gasteiger charge is 2.16. The number of benzene rings is 1. The molecule has 2 rings (SSSR count). The number of aryl methyl sites for hydroxylation is 1. The Balaban J connectivity index is 2.12. The number of carbonyl (C=O) groups excluding carboxylic acids is 1. The third kappa shape index (κ3) is 3.72.